The van der Waals surface area contributed by atoms with E-state index in [2.05, 4.69) is 9.46 Å². The fourth-order valence-corrected chi connectivity index (χ4v) is 3.99. The predicted molar refractivity (Wildman–Crippen MR) is 76.9 cm³/mol. The van der Waals surface area contributed by atoms with E-state index in [0.29, 0.717) is 0 Å². The van der Waals surface area contributed by atoms with Crippen molar-refractivity contribution >= 4 is 33.3 Å². The van der Waals surface area contributed by atoms with Crippen molar-refractivity contribution in [2.45, 2.75) is 31.2 Å². The monoisotopic (exact) mass is 335 g/mol. The molecule has 0 bridgehead atoms. The number of hydrogen-bond acceptors (Lipinski definition) is 6. The zero-order valence-electron chi connectivity index (χ0n) is 11.8. The average molecular weight is 335 g/mol. The molecule has 1 heterocycles. The molecule has 21 heavy (non-hydrogen) atoms. The van der Waals surface area contributed by atoms with Crippen molar-refractivity contribution in [3.8, 4) is 0 Å². The highest BCUT2D eigenvalue weighted by Crippen LogP contribution is 2.20. The number of rotatable bonds is 7. The lowest BCUT2D eigenvalue weighted by Crippen LogP contribution is -2.41. The first-order valence-electron chi connectivity index (χ1n) is 6.09. The van der Waals surface area contributed by atoms with Crippen LogP contribution in [-0.2, 0) is 19.6 Å². The van der Waals surface area contributed by atoms with Crippen LogP contribution in [0.25, 0.3) is 0 Å². The Morgan fingerprint density at radius 3 is 2.52 bits per heavy atom. The number of methoxy groups -OCH3 is 1. The van der Waals surface area contributed by atoms with Crippen LogP contribution in [0.1, 0.15) is 29.9 Å². The number of sulfonamides is 1. The number of carboxylic acids is 1. The zero-order valence-corrected chi connectivity index (χ0v) is 13.5. The highest BCUT2D eigenvalue weighted by Gasteiger charge is 2.27. The Balaban J connectivity index is 2.97. The molecule has 0 unspecified atom stereocenters. The second-order valence-electron chi connectivity index (χ2n) is 4.78. The van der Waals surface area contributed by atoms with Crippen molar-refractivity contribution in [3.05, 3.63) is 16.3 Å². The summed E-state index contributed by atoms with van der Waals surface area (Å²) in [5.74, 6) is -1.86. The Morgan fingerprint density at radius 1 is 1.43 bits per heavy atom. The van der Waals surface area contributed by atoms with Crippen LogP contribution in [0.5, 0.6) is 0 Å². The van der Waals surface area contributed by atoms with Crippen molar-refractivity contribution in [2.75, 3.05) is 7.11 Å². The minimum atomic E-state index is -4.00. The van der Waals surface area contributed by atoms with Gasteiger partial charge in [0.15, 0.2) is 0 Å². The van der Waals surface area contributed by atoms with Crippen LogP contribution in [0, 0.1) is 5.92 Å². The van der Waals surface area contributed by atoms with Crippen LogP contribution in [0.4, 0.5) is 0 Å². The minimum absolute atomic E-state index is 0.0157. The van der Waals surface area contributed by atoms with Crippen molar-refractivity contribution < 1.29 is 27.9 Å². The van der Waals surface area contributed by atoms with Crippen molar-refractivity contribution in [2.24, 2.45) is 5.92 Å². The van der Waals surface area contributed by atoms with Gasteiger partial charge in [0.05, 0.1) is 12.0 Å². The van der Waals surface area contributed by atoms with Gasteiger partial charge in [-0.1, -0.05) is 13.8 Å². The Bertz CT molecular complexity index is 619. The van der Waals surface area contributed by atoms with Crippen LogP contribution in [0.3, 0.4) is 0 Å². The van der Waals surface area contributed by atoms with E-state index in [1.807, 2.05) is 0 Å². The smallest absolute Gasteiger partial charge is 0.348 e. The number of carbonyl (C=O) groups is 2. The first kappa shape index (κ1) is 17.6. The Labute approximate surface area is 127 Å². The van der Waals surface area contributed by atoms with Gasteiger partial charge in [0, 0.05) is 5.38 Å². The third kappa shape index (κ3) is 4.80. The molecule has 0 aliphatic carbocycles. The number of hydrogen-bond donors (Lipinski definition) is 2. The molecule has 9 heteroatoms. The lowest BCUT2D eigenvalue weighted by atomic mass is 10.1. The molecule has 0 radical (unpaired) electrons. The topological polar surface area (TPSA) is 110 Å². The summed E-state index contributed by atoms with van der Waals surface area (Å²) in [6.07, 6.45) is 0.169. The molecule has 7 nitrogen and oxygen atoms in total. The Morgan fingerprint density at radius 2 is 2.05 bits per heavy atom. The van der Waals surface area contributed by atoms with E-state index in [4.69, 9.17) is 5.11 Å². The molecule has 0 saturated carbocycles. The average Bonchev–Trinajstić information content (AvgIpc) is 2.86. The number of thiophene rings is 1. The molecule has 0 fully saturated rings. The van der Waals surface area contributed by atoms with E-state index in [0.717, 1.165) is 17.4 Å². The lowest BCUT2D eigenvalue weighted by molar-refractivity contribution is -0.139. The van der Waals surface area contributed by atoms with Gasteiger partial charge in [-0.05, 0) is 18.4 Å². The first-order chi connectivity index (χ1) is 9.67. The first-order valence-corrected chi connectivity index (χ1v) is 8.45. The summed E-state index contributed by atoms with van der Waals surface area (Å²) < 4.78 is 30.9. The number of aliphatic carboxylic acids is 1. The maximum atomic E-state index is 12.1. The minimum Gasteiger partial charge on any atom is -0.480 e. The summed E-state index contributed by atoms with van der Waals surface area (Å²) in [7, 11) is -2.81. The fourth-order valence-electron chi connectivity index (χ4n) is 1.59. The van der Waals surface area contributed by atoms with Gasteiger partial charge in [0.2, 0.25) is 10.0 Å². The summed E-state index contributed by atoms with van der Waals surface area (Å²) in [6.45, 7) is 3.59. The lowest BCUT2D eigenvalue weighted by Gasteiger charge is -2.15. The molecule has 0 aromatic carbocycles. The summed E-state index contributed by atoms with van der Waals surface area (Å²) in [5, 5.41) is 10.3. The highest BCUT2D eigenvalue weighted by atomic mass is 32.2. The van der Waals surface area contributed by atoms with Gasteiger partial charge in [-0.25, -0.2) is 13.2 Å². The fraction of sp³-hybridized carbons (Fsp3) is 0.500. The van der Waals surface area contributed by atoms with Crippen LogP contribution >= 0.6 is 11.3 Å². The second kappa shape index (κ2) is 7.01. The molecule has 0 aliphatic heterocycles. The van der Waals surface area contributed by atoms with Crippen molar-refractivity contribution in [1.82, 2.24) is 4.72 Å². The molecule has 0 spiro atoms. The standard InChI is InChI=1S/C12H17NO6S2/c1-7(2)4-9(11(14)15)13-21(17,18)8-5-10(20-6-8)12(16)19-3/h5-7,9,13H,4H2,1-3H3,(H,14,15)/t9-/m1/s1. The number of esters is 1. The van der Waals surface area contributed by atoms with Gasteiger partial charge < -0.3 is 9.84 Å². The summed E-state index contributed by atoms with van der Waals surface area (Å²) in [5.41, 5.74) is 0. The van der Waals surface area contributed by atoms with Gasteiger partial charge in [-0.2, -0.15) is 4.72 Å². The SMILES string of the molecule is COC(=O)c1cc(S(=O)(=O)N[C@H](CC(C)C)C(=O)O)cs1. The Kier molecular flexibility index (Phi) is 5.87. The van der Waals surface area contributed by atoms with Crippen LogP contribution < -0.4 is 4.72 Å². The Hall–Kier alpha value is -1.45. The van der Waals surface area contributed by atoms with Gasteiger partial charge in [-0.3, -0.25) is 4.79 Å². The van der Waals surface area contributed by atoms with E-state index in [1.54, 1.807) is 13.8 Å². The van der Waals surface area contributed by atoms with Crippen LogP contribution in [-0.4, -0.2) is 38.6 Å². The van der Waals surface area contributed by atoms with Gasteiger partial charge in [0.25, 0.3) is 0 Å². The van der Waals surface area contributed by atoms with E-state index in [1.165, 1.54) is 12.5 Å². The summed E-state index contributed by atoms with van der Waals surface area (Å²) in [6, 6.07) is -0.0518. The molecule has 0 amide bonds. The quantitative estimate of drug-likeness (QED) is 0.727. The van der Waals surface area contributed by atoms with E-state index < -0.39 is 28.0 Å². The summed E-state index contributed by atoms with van der Waals surface area (Å²) >= 11 is 0.917. The molecule has 0 aliphatic rings. The maximum absolute atomic E-state index is 12.1. The summed E-state index contributed by atoms with van der Waals surface area (Å²) in [4.78, 5) is 22.4. The molecule has 1 rings (SSSR count). The van der Waals surface area contributed by atoms with Crippen molar-refractivity contribution in [1.29, 1.82) is 0 Å². The second-order valence-corrected chi connectivity index (χ2v) is 7.41. The molecular weight excluding hydrogens is 318 g/mol. The number of carbonyl (C=O) groups excluding carboxylic acids is 1. The zero-order chi connectivity index (χ0) is 16.2. The molecule has 2 N–H and O–H groups in total. The van der Waals surface area contributed by atoms with E-state index in [-0.39, 0.29) is 22.1 Å². The van der Waals surface area contributed by atoms with Crippen molar-refractivity contribution in [3.63, 3.8) is 0 Å². The molecule has 118 valence electrons. The van der Waals surface area contributed by atoms with Crippen LogP contribution in [0.2, 0.25) is 0 Å². The highest BCUT2D eigenvalue weighted by molar-refractivity contribution is 7.89. The normalized spacial score (nSPS) is 13.1. The predicted octanol–water partition coefficient (Wildman–Crippen LogP) is 1.31. The molecule has 1 atom stereocenters. The molecular formula is C12H17NO6S2. The molecule has 1 aromatic rings. The van der Waals surface area contributed by atoms with Gasteiger partial charge in [-0.15, -0.1) is 11.3 Å². The third-order valence-electron chi connectivity index (χ3n) is 2.57. The maximum Gasteiger partial charge on any atom is 0.348 e. The number of ether oxygens (including phenoxy) is 1. The molecule has 0 saturated heterocycles. The van der Waals surface area contributed by atoms with Gasteiger partial charge in [0.1, 0.15) is 10.9 Å². The molecule has 1 aromatic heterocycles. The van der Waals surface area contributed by atoms with Gasteiger partial charge >= 0.3 is 11.9 Å². The third-order valence-corrected chi connectivity index (χ3v) is 5.09. The number of nitrogens with one attached hydrogen (secondary N) is 1. The number of carboxylic acid groups (broad SMARTS) is 1. The van der Waals surface area contributed by atoms with Crippen LogP contribution in [0.15, 0.2) is 16.3 Å². The van der Waals surface area contributed by atoms with E-state index >= 15 is 0 Å². The largest absolute Gasteiger partial charge is 0.480 e. The van der Waals surface area contributed by atoms with E-state index in [9.17, 15) is 18.0 Å².